The maximum atomic E-state index is 4.99. The van der Waals surface area contributed by atoms with Crippen LogP contribution in [0.3, 0.4) is 0 Å². The molecular formula is C52H35N5. The fraction of sp³-hybridized carbons (Fsp3) is 0.0192. The Kier molecular flexibility index (Phi) is 7.81. The molecule has 5 nitrogen and oxygen atoms in total. The first-order valence-electron chi connectivity index (χ1n) is 19.3. The first-order valence-corrected chi connectivity index (χ1v) is 19.3. The summed E-state index contributed by atoms with van der Waals surface area (Å²) in [5, 5.41) is 5.00. The number of nitrogens with zero attached hydrogens (tertiary/aromatic N) is 5. The monoisotopic (exact) mass is 729 g/mol. The largest absolute Gasteiger partial charge is 0.336 e. The van der Waals surface area contributed by atoms with E-state index >= 15 is 0 Å². The summed E-state index contributed by atoms with van der Waals surface area (Å²) in [6, 6.07) is 70.7. The van der Waals surface area contributed by atoms with Gasteiger partial charge >= 0.3 is 0 Å². The number of para-hydroxylation sites is 3. The van der Waals surface area contributed by atoms with Gasteiger partial charge in [0.25, 0.3) is 0 Å². The van der Waals surface area contributed by atoms with Gasteiger partial charge in [0, 0.05) is 61.5 Å². The maximum absolute atomic E-state index is 4.99. The Hall–Kier alpha value is -7.63. The molecule has 0 radical (unpaired) electrons. The highest BCUT2D eigenvalue weighted by Gasteiger charge is 2.17. The third-order valence-corrected chi connectivity index (χ3v) is 11.0. The molecule has 8 aromatic carbocycles. The van der Waals surface area contributed by atoms with Crippen molar-refractivity contribution in [2.75, 3.05) is 0 Å². The van der Waals surface area contributed by atoms with Crippen LogP contribution in [0, 0.1) is 0 Å². The summed E-state index contributed by atoms with van der Waals surface area (Å²) >= 11 is 0. The Bertz CT molecular complexity index is 3200. The zero-order valence-electron chi connectivity index (χ0n) is 31.0. The third-order valence-electron chi connectivity index (χ3n) is 11.0. The molecule has 0 saturated heterocycles. The molecule has 0 bridgehead atoms. The summed E-state index contributed by atoms with van der Waals surface area (Å²) in [4.78, 5) is 14.9. The first kappa shape index (κ1) is 32.8. The van der Waals surface area contributed by atoms with Crippen molar-refractivity contribution in [3.8, 4) is 51.0 Å². The van der Waals surface area contributed by atoms with Crippen LogP contribution in [-0.4, -0.2) is 24.1 Å². The van der Waals surface area contributed by atoms with E-state index in [1.54, 1.807) is 0 Å². The molecule has 0 amide bonds. The fourth-order valence-electron chi connectivity index (χ4n) is 8.34. The van der Waals surface area contributed by atoms with Crippen LogP contribution in [0.25, 0.3) is 94.6 Å². The van der Waals surface area contributed by atoms with Crippen LogP contribution in [-0.2, 0) is 6.54 Å². The summed E-state index contributed by atoms with van der Waals surface area (Å²) < 4.78 is 4.83. The highest BCUT2D eigenvalue weighted by molar-refractivity contribution is 6.11. The van der Waals surface area contributed by atoms with E-state index in [4.69, 9.17) is 15.0 Å². The van der Waals surface area contributed by atoms with E-state index in [0.717, 1.165) is 34.4 Å². The number of hydrogen-bond acceptors (Lipinski definition) is 3. The van der Waals surface area contributed by atoms with Crippen LogP contribution < -0.4 is 0 Å². The second-order valence-corrected chi connectivity index (χ2v) is 14.5. The second-order valence-electron chi connectivity index (χ2n) is 14.5. The summed E-state index contributed by atoms with van der Waals surface area (Å²) in [5.74, 6) is 1.95. The molecule has 0 aliphatic heterocycles. The number of fused-ring (bicyclic) bond motifs is 6. The SMILES string of the molecule is c1ccc(-c2nc(-c3ccccc3)nc(-c3cccc(-c4ccc5c(c4)c4ccccc4n5Cc4ccc5c(c4)c4ccccc4n5-c4ccccc4)c3)n2)cc1. The van der Waals surface area contributed by atoms with Crippen LogP contribution in [0.4, 0.5) is 0 Å². The summed E-state index contributed by atoms with van der Waals surface area (Å²) in [5.41, 5.74) is 12.4. The van der Waals surface area contributed by atoms with E-state index in [-0.39, 0.29) is 0 Å². The highest BCUT2D eigenvalue weighted by atomic mass is 15.0. The Balaban J connectivity index is 0.993. The van der Waals surface area contributed by atoms with E-state index in [9.17, 15) is 0 Å². The van der Waals surface area contributed by atoms with Gasteiger partial charge in [-0.3, -0.25) is 0 Å². The molecule has 0 saturated carbocycles. The van der Waals surface area contributed by atoms with Crippen molar-refractivity contribution < 1.29 is 0 Å². The van der Waals surface area contributed by atoms with Crippen molar-refractivity contribution in [3.63, 3.8) is 0 Å². The molecule has 0 N–H and O–H groups in total. The predicted octanol–water partition coefficient (Wildman–Crippen LogP) is 12.8. The summed E-state index contributed by atoms with van der Waals surface area (Å²) in [6.07, 6.45) is 0. The Morgan fingerprint density at radius 2 is 0.789 bits per heavy atom. The van der Waals surface area contributed by atoms with Gasteiger partial charge < -0.3 is 9.13 Å². The van der Waals surface area contributed by atoms with Crippen molar-refractivity contribution in [2.45, 2.75) is 6.54 Å². The van der Waals surface area contributed by atoms with Crippen molar-refractivity contribution in [1.82, 2.24) is 24.1 Å². The molecule has 11 rings (SSSR count). The molecule has 57 heavy (non-hydrogen) atoms. The van der Waals surface area contributed by atoms with Crippen LogP contribution in [0.1, 0.15) is 5.56 Å². The number of rotatable bonds is 7. The Morgan fingerprint density at radius 3 is 1.49 bits per heavy atom. The van der Waals surface area contributed by atoms with Crippen LogP contribution >= 0.6 is 0 Å². The van der Waals surface area contributed by atoms with Crippen molar-refractivity contribution in [1.29, 1.82) is 0 Å². The number of hydrogen-bond donors (Lipinski definition) is 0. The van der Waals surface area contributed by atoms with Crippen LogP contribution in [0.2, 0.25) is 0 Å². The lowest BCUT2D eigenvalue weighted by atomic mass is 10.0. The zero-order chi connectivity index (χ0) is 37.7. The van der Waals surface area contributed by atoms with Gasteiger partial charge in [-0.1, -0.05) is 146 Å². The van der Waals surface area contributed by atoms with Crippen molar-refractivity contribution in [2.24, 2.45) is 0 Å². The lowest BCUT2D eigenvalue weighted by Gasteiger charge is -2.11. The lowest BCUT2D eigenvalue weighted by molar-refractivity contribution is 0.870. The van der Waals surface area contributed by atoms with Gasteiger partial charge in [-0.2, -0.15) is 0 Å². The zero-order valence-corrected chi connectivity index (χ0v) is 31.0. The van der Waals surface area contributed by atoms with Gasteiger partial charge in [-0.15, -0.1) is 0 Å². The predicted molar refractivity (Wildman–Crippen MR) is 234 cm³/mol. The normalized spacial score (nSPS) is 11.6. The molecule has 0 aliphatic carbocycles. The molecular weight excluding hydrogens is 695 g/mol. The smallest absolute Gasteiger partial charge is 0.164 e. The molecule has 3 heterocycles. The molecule has 0 atom stereocenters. The molecule has 268 valence electrons. The maximum Gasteiger partial charge on any atom is 0.164 e. The summed E-state index contributed by atoms with van der Waals surface area (Å²) in [7, 11) is 0. The van der Waals surface area contributed by atoms with E-state index in [1.807, 2.05) is 60.7 Å². The molecule has 0 unspecified atom stereocenters. The molecule has 11 aromatic rings. The van der Waals surface area contributed by atoms with Gasteiger partial charge in [0.1, 0.15) is 0 Å². The van der Waals surface area contributed by atoms with Gasteiger partial charge in [0.2, 0.25) is 0 Å². The summed E-state index contributed by atoms with van der Waals surface area (Å²) in [6.45, 7) is 0.756. The number of aromatic nitrogens is 5. The first-order chi connectivity index (χ1) is 28.2. The molecule has 5 heteroatoms. The second kappa shape index (κ2) is 13.6. The Labute approximate surface area is 329 Å². The van der Waals surface area contributed by atoms with E-state index < -0.39 is 0 Å². The van der Waals surface area contributed by atoms with Gasteiger partial charge in [-0.25, -0.2) is 15.0 Å². The number of benzene rings is 8. The van der Waals surface area contributed by atoms with E-state index in [2.05, 4.69) is 149 Å². The fourth-order valence-corrected chi connectivity index (χ4v) is 8.34. The van der Waals surface area contributed by atoms with Crippen molar-refractivity contribution >= 4 is 43.6 Å². The average Bonchev–Trinajstić information content (AvgIpc) is 3.79. The Morgan fingerprint density at radius 1 is 0.316 bits per heavy atom. The highest BCUT2D eigenvalue weighted by Crippen LogP contribution is 2.37. The standard InChI is InChI=1S/C52H35N5/c1-4-15-36(16-5-1)50-53-51(37-17-6-2-7-18-37)55-52(54-50)40-20-14-19-38(32-40)39-28-30-47-45(33-39)42-23-10-12-25-46(42)56(47)34-35-27-29-49-44(31-35)43-24-11-13-26-48(43)57(49)41-21-8-3-9-22-41/h1-33H,34H2. The lowest BCUT2D eigenvalue weighted by Crippen LogP contribution is -2.00. The minimum atomic E-state index is 0.645. The minimum absolute atomic E-state index is 0.645. The van der Waals surface area contributed by atoms with Gasteiger partial charge in [0.15, 0.2) is 17.5 Å². The quantitative estimate of drug-likeness (QED) is 0.164. The molecule has 3 aromatic heterocycles. The van der Waals surface area contributed by atoms with E-state index in [1.165, 1.54) is 54.9 Å². The van der Waals surface area contributed by atoms with Crippen LogP contribution in [0.15, 0.2) is 200 Å². The molecule has 0 aliphatic rings. The van der Waals surface area contributed by atoms with Gasteiger partial charge in [0.05, 0.1) is 11.0 Å². The van der Waals surface area contributed by atoms with Crippen molar-refractivity contribution in [3.05, 3.63) is 206 Å². The van der Waals surface area contributed by atoms with Crippen LogP contribution in [0.5, 0.6) is 0 Å². The average molecular weight is 730 g/mol. The van der Waals surface area contributed by atoms with Gasteiger partial charge in [-0.05, 0) is 71.3 Å². The molecule has 0 fully saturated rings. The third kappa shape index (κ3) is 5.76. The van der Waals surface area contributed by atoms with E-state index in [0.29, 0.717) is 17.5 Å². The minimum Gasteiger partial charge on any atom is -0.336 e. The molecule has 0 spiro atoms. The topological polar surface area (TPSA) is 48.5 Å².